The summed E-state index contributed by atoms with van der Waals surface area (Å²) in [4.78, 5) is 0. The minimum Gasteiger partial charge on any atom is -0.192 e. The lowest BCUT2D eigenvalue weighted by atomic mass is 9.77. The molecule has 1 heteroatoms. The van der Waals surface area contributed by atoms with Crippen LogP contribution in [-0.2, 0) is 0 Å². The van der Waals surface area contributed by atoms with E-state index in [9.17, 15) is 0 Å². The van der Waals surface area contributed by atoms with Gasteiger partial charge < -0.3 is 0 Å². The molecule has 0 aliphatic heterocycles. The van der Waals surface area contributed by atoms with Gasteiger partial charge >= 0.3 is 0 Å². The van der Waals surface area contributed by atoms with Crippen molar-refractivity contribution in [1.29, 1.82) is 5.26 Å². The van der Waals surface area contributed by atoms with Crippen LogP contribution in [0, 0.1) is 17.2 Å². The molecular formula is C21H31N. The molecule has 120 valence electrons. The van der Waals surface area contributed by atoms with Crippen LogP contribution in [0.4, 0.5) is 0 Å². The summed E-state index contributed by atoms with van der Waals surface area (Å²) in [6, 6.07) is 10.5. The molecular weight excluding hydrogens is 266 g/mol. The Kier molecular flexibility index (Phi) is 7.50. The molecule has 1 aliphatic carbocycles. The van der Waals surface area contributed by atoms with Crippen LogP contribution >= 0.6 is 0 Å². The first-order valence-electron chi connectivity index (χ1n) is 9.33. The number of nitrogens with zero attached hydrogens (tertiary/aromatic N) is 1. The second-order valence-corrected chi connectivity index (χ2v) is 7.01. The monoisotopic (exact) mass is 297 g/mol. The van der Waals surface area contributed by atoms with Crippen LogP contribution < -0.4 is 0 Å². The first-order chi connectivity index (χ1) is 10.8. The number of unbranched alkanes of at least 4 members (excludes halogenated alkanes) is 5. The molecule has 22 heavy (non-hydrogen) atoms. The summed E-state index contributed by atoms with van der Waals surface area (Å²) in [7, 11) is 0. The van der Waals surface area contributed by atoms with Gasteiger partial charge in [-0.2, -0.15) is 5.26 Å². The molecule has 0 radical (unpaired) electrons. The van der Waals surface area contributed by atoms with Gasteiger partial charge in [-0.1, -0.05) is 64.0 Å². The standard InChI is InChI=1S/C21H31N/c1-2-3-4-5-6-7-9-18-12-14-20(15-13-18)21-11-8-10-19(16-21)17-22/h8,10-11,16,18,20H,2-7,9,12-15H2,1H3. The van der Waals surface area contributed by atoms with Gasteiger partial charge in [0.05, 0.1) is 11.6 Å². The zero-order valence-corrected chi connectivity index (χ0v) is 14.2. The van der Waals surface area contributed by atoms with E-state index in [-0.39, 0.29) is 0 Å². The Labute approximate surface area is 136 Å². The van der Waals surface area contributed by atoms with Crippen LogP contribution in [0.1, 0.15) is 94.6 Å². The van der Waals surface area contributed by atoms with E-state index in [1.165, 1.54) is 76.2 Å². The van der Waals surface area contributed by atoms with Crippen molar-refractivity contribution in [2.24, 2.45) is 5.92 Å². The summed E-state index contributed by atoms with van der Waals surface area (Å²) in [5.74, 6) is 1.65. The smallest absolute Gasteiger partial charge is 0.0991 e. The molecule has 1 aromatic rings. The second-order valence-electron chi connectivity index (χ2n) is 7.01. The second kappa shape index (κ2) is 9.67. The highest BCUT2D eigenvalue weighted by molar-refractivity contribution is 5.34. The quantitative estimate of drug-likeness (QED) is 0.497. The molecule has 0 saturated heterocycles. The summed E-state index contributed by atoms with van der Waals surface area (Å²) in [6.45, 7) is 2.28. The zero-order valence-electron chi connectivity index (χ0n) is 14.2. The van der Waals surface area contributed by atoms with Gasteiger partial charge in [0.2, 0.25) is 0 Å². The van der Waals surface area contributed by atoms with Crippen LogP contribution in [0.3, 0.4) is 0 Å². The van der Waals surface area contributed by atoms with Crippen molar-refractivity contribution in [2.75, 3.05) is 0 Å². The third-order valence-electron chi connectivity index (χ3n) is 5.30. The minimum absolute atomic E-state index is 0.689. The van der Waals surface area contributed by atoms with Gasteiger partial charge in [-0.3, -0.25) is 0 Å². The maximum absolute atomic E-state index is 9.03. The highest BCUT2D eigenvalue weighted by Crippen LogP contribution is 2.37. The van der Waals surface area contributed by atoms with Crippen LogP contribution in [0.2, 0.25) is 0 Å². The zero-order chi connectivity index (χ0) is 15.6. The first kappa shape index (κ1) is 17.1. The van der Waals surface area contributed by atoms with Crippen molar-refractivity contribution in [3.05, 3.63) is 35.4 Å². The van der Waals surface area contributed by atoms with Crippen LogP contribution in [0.25, 0.3) is 0 Å². The maximum atomic E-state index is 9.03. The van der Waals surface area contributed by atoms with Gasteiger partial charge in [0.15, 0.2) is 0 Å². The lowest BCUT2D eigenvalue weighted by molar-refractivity contribution is 0.302. The highest BCUT2D eigenvalue weighted by Gasteiger charge is 2.22. The van der Waals surface area contributed by atoms with E-state index in [2.05, 4.69) is 25.1 Å². The Morgan fingerprint density at radius 2 is 1.73 bits per heavy atom. The van der Waals surface area contributed by atoms with Crippen molar-refractivity contribution in [1.82, 2.24) is 0 Å². The third-order valence-corrected chi connectivity index (χ3v) is 5.30. The Bertz CT molecular complexity index is 463. The Morgan fingerprint density at radius 3 is 2.45 bits per heavy atom. The molecule has 1 aromatic carbocycles. The molecule has 0 heterocycles. The molecule has 1 saturated carbocycles. The van der Waals surface area contributed by atoms with Gasteiger partial charge in [-0.25, -0.2) is 0 Å². The van der Waals surface area contributed by atoms with E-state index < -0.39 is 0 Å². The summed E-state index contributed by atoms with van der Waals surface area (Å²) < 4.78 is 0. The number of benzene rings is 1. The number of rotatable bonds is 8. The average Bonchev–Trinajstić information content (AvgIpc) is 2.58. The topological polar surface area (TPSA) is 23.8 Å². The van der Waals surface area contributed by atoms with Crippen molar-refractivity contribution >= 4 is 0 Å². The van der Waals surface area contributed by atoms with E-state index in [1.54, 1.807) is 0 Å². The van der Waals surface area contributed by atoms with E-state index in [1.807, 2.05) is 12.1 Å². The summed E-state index contributed by atoms with van der Waals surface area (Å²) in [5, 5.41) is 9.03. The molecule has 0 unspecified atom stereocenters. The molecule has 0 atom stereocenters. The SMILES string of the molecule is CCCCCCCCC1CCC(c2cccc(C#N)c2)CC1. The fraction of sp³-hybridized carbons (Fsp3) is 0.667. The van der Waals surface area contributed by atoms with Gasteiger partial charge in [0.1, 0.15) is 0 Å². The van der Waals surface area contributed by atoms with Crippen LogP contribution in [-0.4, -0.2) is 0 Å². The molecule has 0 bridgehead atoms. The largest absolute Gasteiger partial charge is 0.192 e. The number of hydrogen-bond donors (Lipinski definition) is 0. The molecule has 0 amide bonds. The van der Waals surface area contributed by atoms with Crippen molar-refractivity contribution in [3.8, 4) is 6.07 Å². The lowest BCUT2D eigenvalue weighted by Crippen LogP contribution is -2.13. The highest BCUT2D eigenvalue weighted by atomic mass is 14.3. The molecule has 0 spiro atoms. The summed E-state index contributed by atoms with van der Waals surface area (Å²) in [6.07, 6.45) is 15.3. The molecule has 2 rings (SSSR count). The normalized spacial score (nSPS) is 21.5. The summed E-state index contributed by atoms with van der Waals surface area (Å²) >= 11 is 0. The molecule has 0 aromatic heterocycles. The maximum Gasteiger partial charge on any atom is 0.0991 e. The number of hydrogen-bond acceptors (Lipinski definition) is 1. The van der Waals surface area contributed by atoms with Crippen molar-refractivity contribution < 1.29 is 0 Å². The van der Waals surface area contributed by atoms with Gasteiger partial charge in [0.25, 0.3) is 0 Å². The van der Waals surface area contributed by atoms with E-state index in [0.717, 1.165) is 11.5 Å². The minimum atomic E-state index is 0.689. The third kappa shape index (κ3) is 5.48. The fourth-order valence-electron chi connectivity index (χ4n) is 3.86. The van der Waals surface area contributed by atoms with E-state index in [4.69, 9.17) is 5.26 Å². The molecule has 1 nitrogen and oxygen atoms in total. The fourth-order valence-corrected chi connectivity index (χ4v) is 3.86. The first-order valence-corrected chi connectivity index (χ1v) is 9.33. The lowest BCUT2D eigenvalue weighted by Gasteiger charge is -2.29. The Morgan fingerprint density at radius 1 is 1.00 bits per heavy atom. The molecule has 1 fully saturated rings. The predicted octanol–water partition coefficient (Wildman–Crippen LogP) is 6.58. The van der Waals surface area contributed by atoms with Gasteiger partial charge in [-0.15, -0.1) is 0 Å². The number of nitriles is 1. The van der Waals surface area contributed by atoms with E-state index in [0.29, 0.717) is 5.92 Å². The molecule has 1 aliphatic rings. The van der Waals surface area contributed by atoms with Crippen molar-refractivity contribution in [2.45, 2.75) is 83.5 Å². The predicted molar refractivity (Wildman–Crippen MR) is 93.8 cm³/mol. The summed E-state index contributed by atoms with van der Waals surface area (Å²) in [5.41, 5.74) is 2.20. The van der Waals surface area contributed by atoms with E-state index >= 15 is 0 Å². The van der Waals surface area contributed by atoms with Gasteiger partial charge in [-0.05, 0) is 55.2 Å². The van der Waals surface area contributed by atoms with Crippen LogP contribution in [0.15, 0.2) is 24.3 Å². The molecule has 0 N–H and O–H groups in total. The van der Waals surface area contributed by atoms with Crippen LogP contribution in [0.5, 0.6) is 0 Å². The average molecular weight is 297 g/mol. The van der Waals surface area contributed by atoms with Gasteiger partial charge in [0, 0.05) is 0 Å². The van der Waals surface area contributed by atoms with Crippen molar-refractivity contribution in [3.63, 3.8) is 0 Å². The Balaban J connectivity index is 1.66. The Hall–Kier alpha value is -1.29.